The van der Waals surface area contributed by atoms with Crippen molar-refractivity contribution in [1.82, 2.24) is 14.6 Å². The smallest absolute Gasteiger partial charge is 0.296 e. The number of aromatic nitrogens is 2. The van der Waals surface area contributed by atoms with Crippen molar-refractivity contribution in [1.29, 1.82) is 0 Å². The Bertz CT molecular complexity index is 708. The molecule has 1 aliphatic carbocycles. The molecule has 1 saturated carbocycles. The zero-order chi connectivity index (χ0) is 14.3. The summed E-state index contributed by atoms with van der Waals surface area (Å²) in [5.41, 5.74) is 3.12. The van der Waals surface area contributed by atoms with Gasteiger partial charge in [-0.1, -0.05) is 0 Å². The van der Waals surface area contributed by atoms with Gasteiger partial charge in [0, 0.05) is 23.3 Å². The Morgan fingerprint density at radius 1 is 1.50 bits per heavy atom. The van der Waals surface area contributed by atoms with E-state index in [1.54, 1.807) is 21.4 Å². The highest BCUT2D eigenvalue weighted by Crippen LogP contribution is 2.33. The van der Waals surface area contributed by atoms with Gasteiger partial charge in [-0.25, -0.2) is 10.6 Å². The predicted molar refractivity (Wildman–Crippen MR) is 76.8 cm³/mol. The third kappa shape index (κ3) is 2.30. The van der Waals surface area contributed by atoms with Crippen LogP contribution in [0.25, 0.3) is 0 Å². The number of hydrogen-bond donors (Lipinski definition) is 2. The first-order valence-electron chi connectivity index (χ1n) is 6.47. The lowest BCUT2D eigenvalue weighted by Crippen LogP contribution is -2.29. The molecule has 0 bridgehead atoms. The molecule has 20 heavy (non-hydrogen) atoms. The minimum atomic E-state index is -0.299. The summed E-state index contributed by atoms with van der Waals surface area (Å²) in [7, 11) is 0. The van der Waals surface area contributed by atoms with E-state index in [1.165, 1.54) is 11.3 Å². The summed E-state index contributed by atoms with van der Waals surface area (Å²) in [5, 5.41) is 0. The second-order valence-electron chi connectivity index (χ2n) is 5.01. The molecule has 2 aromatic heterocycles. The molecule has 1 aliphatic rings. The molecule has 2 aromatic rings. The van der Waals surface area contributed by atoms with Gasteiger partial charge in [0.1, 0.15) is 0 Å². The van der Waals surface area contributed by atoms with Gasteiger partial charge in [-0.2, -0.15) is 0 Å². The number of amides is 1. The molecule has 1 amide bonds. The van der Waals surface area contributed by atoms with E-state index in [-0.39, 0.29) is 11.6 Å². The lowest BCUT2D eigenvalue weighted by Gasteiger charge is -2.01. The maximum Gasteiger partial charge on any atom is 0.328 e. The van der Waals surface area contributed by atoms with Crippen molar-refractivity contribution < 1.29 is 4.79 Å². The molecule has 0 saturated heterocycles. The van der Waals surface area contributed by atoms with Crippen LogP contribution in [0.15, 0.2) is 23.3 Å². The lowest BCUT2D eigenvalue weighted by atomic mass is 10.2. The topological polar surface area (TPSA) is 82.1 Å². The number of hydrazine groups is 1. The largest absolute Gasteiger partial charge is 0.328 e. The minimum Gasteiger partial charge on any atom is -0.296 e. The van der Waals surface area contributed by atoms with Gasteiger partial charge in [0.15, 0.2) is 0 Å². The Morgan fingerprint density at radius 3 is 2.90 bits per heavy atom. The van der Waals surface area contributed by atoms with E-state index >= 15 is 0 Å². The van der Waals surface area contributed by atoms with Crippen LogP contribution in [-0.2, 0) is 6.54 Å². The molecule has 0 aromatic carbocycles. The second-order valence-corrected chi connectivity index (χ2v) is 6.27. The summed E-state index contributed by atoms with van der Waals surface area (Å²) < 4.78 is 3.46. The molecule has 106 valence electrons. The maximum absolute atomic E-state index is 12.2. The number of nitrogens with one attached hydrogen (secondary N) is 1. The van der Waals surface area contributed by atoms with Crippen LogP contribution in [0.5, 0.6) is 0 Å². The standard InChI is InChI=1S/C13H16N4O2S/c1-8-9(6-11(20-8)12(18)15-14)7-16-4-5-17(13(16)19)10-2-3-10/h4-6,10H,2-3,7,14H2,1H3,(H,15,18). The van der Waals surface area contributed by atoms with Gasteiger partial charge in [0.05, 0.1) is 11.4 Å². The number of imidazole rings is 1. The Kier molecular flexibility index (Phi) is 3.23. The summed E-state index contributed by atoms with van der Waals surface area (Å²) in [5.74, 6) is 4.83. The first kappa shape index (κ1) is 13.1. The van der Waals surface area contributed by atoms with Gasteiger partial charge in [-0.05, 0) is 31.4 Å². The van der Waals surface area contributed by atoms with Crippen LogP contribution in [0.2, 0.25) is 0 Å². The number of hydrogen-bond acceptors (Lipinski definition) is 4. The number of carbonyl (C=O) groups is 1. The molecule has 1 fully saturated rings. The molecule has 0 radical (unpaired) electrons. The average molecular weight is 292 g/mol. The lowest BCUT2D eigenvalue weighted by molar-refractivity contribution is 0.0957. The molecule has 0 atom stereocenters. The highest BCUT2D eigenvalue weighted by atomic mass is 32.1. The molecular formula is C13H16N4O2S. The van der Waals surface area contributed by atoms with E-state index in [2.05, 4.69) is 5.43 Å². The van der Waals surface area contributed by atoms with Crippen molar-refractivity contribution in [2.45, 2.75) is 32.4 Å². The molecule has 3 rings (SSSR count). The summed E-state index contributed by atoms with van der Waals surface area (Å²) in [6.07, 6.45) is 5.82. The zero-order valence-electron chi connectivity index (χ0n) is 11.1. The van der Waals surface area contributed by atoms with Crippen LogP contribution < -0.4 is 17.0 Å². The number of nitrogens with zero attached hydrogens (tertiary/aromatic N) is 2. The molecular weight excluding hydrogens is 276 g/mol. The zero-order valence-corrected chi connectivity index (χ0v) is 11.9. The number of aryl methyl sites for hydroxylation is 1. The molecule has 0 spiro atoms. The molecule has 0 unspecified atom stereocenters. The van der Waals surface area contributed by atoms with E-state index in [0.29, 0.717) is 17.5 Å². The molecule has 7 heteroatoms. The van der Waals surface area contributed by atoms with Crippen LogP contribution in [0.1, 0.15) is 39.0 Å². The van der Waals surface area contributed by atoms with Gasteiger partial charge in [0.25, 0.3) is 5.91 Å². The summed E-state index contributed by atoms with van der Waals surface area (Å²) in [6, 6.07) is 2.18. The van der Waals surface area contributed by atoms with E-state index in [4.69, 9.17) is 5.84 Å². The van der Waals surface area contributed by atoms with Crippen LogP contribution in [0.4, 0.5) is 0 Å². The van der Waals surface area contributed by atoms with E-state index in [1.807, 2.05) is 13.1 Å². The highest BCUT2D eigenvalue weighted by molar-refractivity contribution is 7.14. The van der Waals surface area contributed by atoms with Crippen LogP contribution in [0.3, 0.4) is 0 Å². The Hall–Kier alpha value is -1.86. The molecule has 3 N–H and O–H groups in total. The van der Waals surface area contributed by atoms with Crippen molar-refractivity contribution in [2.75, 3.05) is 0 Å². The van der Waals surface area contributed by atoms with Gasteiger partial charge in [0.2, 0.25) is 0 Å². The Labute approximate surface area is 119 Å². The summed E-state index contributed by atoms with van der Waals surface area (Å²) >= 11 is 1.38. The number of thiophene rings is 1. The minimum absolute atomic E-state index is 0.0166. The monoisotopic (exact) mass is 292 g/mol. The van der Waals surface area contributed by atoms with Crippen LogP contribution in [0, 0.1) is 6.92 Å². The van der Waals surface area contributed by atoms with Crippen molar-refractivity contribution in [3.05, 3.63) is 44.3 Å². The van der Waals surface area contributed by atoms with Gasteiger partial charge < -0.3 is 0 Å². The number of carbonyl (C=O) groups excluding carboxylic acids is 1. The predicted octanol–water partition coefficient (Wildman–Crippen LogP) is 1.01. The van der Waals surface area contributed by atoms with Gasteiger partial charge in [-0.3, -0.25) is 19.4 Å². The van der Waals surface area contributed by atoms with Crippen LogP contribution >= 0.6 is 11.3 Å². The van der Waals surface area contributed by atoms with Crippen molar-refractivity contribution in [3.63, 3.8) is 0 Å². The number of nitrogens with two attached hydrogens (primary N) is 1. The van der Waals surface area contributed by atoms with Crippen LogP contribution in [-0.4, -0.2) is 15.0 Å². The summed E-state index contributed by atoms with van der Waals surface area (Å²) in [6.45, 7) is 2.43. The SMILES string of the molecule is Cc1sc(C(=O)NN)cc1Cn1ccn(C2CC2)c1=O. The second kappa shape index (κ2) is 4.92. The van der Waals surface area contributed by atoms with E-state index in [0.717, 1.165) is 23.3 Å². The number of rotatable bonds is 4. The fourth-order valence-corrected chi connectivity index (χ4v) is 3.16. The maximum atomic E-state index is 12.2. The first-order valence-corrected chi connectivity index (χ1v) is 7.29. The van der Waals surface area contributed by atoms with Crippen molar-refractivity contribution in [3.8, 4) is 0 Å². The summed E-state index contributed by atoms with van der Waals surface area (Å²) in [4.78, 5) is 25.3. The van der Waals surface area contributed by atoms with Gasteiger partial charge >= 0.3 is 5.69 Å². The van der Waals surface area contributed by atoms with Gasteiger partial charge in [-0.15, -0.1) is 11.3 Å². The molecule has 2 heterocycles. The number of nitrogen functional groups attached to an aromatic ring is 1. The van der Waals surface area contributed by atoms with E-state index < -0.39 is 0 Å². The molecule has 6 nitrogen and oxygen atoms in total. The fraction of sp³-hybridized carbons (Fsp3) is 0.385. The quantitative estimate of drug-likeness (QED) is 0.501. The Morgan fingerprint density at radius 2 is 2.25 bits per heavy atom. The average Bonchev–Trinajstić information content (AvgIpc) is 3.13. The fourth-order valence-electron chi connectivity index (χ4n) is 2.22. The van der Waals surface area contributed by atoms with Crippen molar-refractivity contribution in [2.24, 2.45) is 5.84 Å². The van der Waals surface area contributed by atoms with Crippen molar-refractivity contribution >= 4 is 17.2 Å². The third-order valence-electron chi connectivity index (χ3n) is 3.53. The molecule has 0 aliphatic heterocycles. The Balaban J connectivity index is 1.86. The first-order chi connectivity index (χ1) is 9.60. The highest BCUT2D eigenvalue weighted by Gasteiger charge is 2.25. The van der Waals surface area contributed by atoms with E-state index in [9.17, 15) is 9.59 Å². The third-order valence-corrected chi connectivity index (χ3v) is 4.62. The normalized spacial score (nSPS) is 14.5.